The minimum absolute atomic E-state index is 0.0639. The normalized spacial score (nSPS) is 23.0. The van der Waals surface area contributed by atoms with Gasteiger partial charge < -0.3 is 11.1 Å². The number of hydrogen-bond donors (Lipinski definition) is 2. The molecule has 1 aliphatic carbocycles. The standard InChI is InChI=1S/C13H17BrN2OS/c1-18-12-4-2-3-11(12)16-13(17)9-6-5-8(14)7-10(9)15/h5-7,11-12H,2-4,15H2,1H3,(H,16,17). The molecule has 0 saturated heterocycles. The fraction of sp³-hybridized carbons (Fsp3) is 0.462. The summed E-state index contributed by atoms with van der Waals surface area (Å²) >= 11 is 5.17. The number of nitrogen functional groups attached to an aromatic ring is 1. The molecule has 2 rings (SSSR count). The number of benzene rings is 1. The highest BCUT2D eigenvalue weighted by Gasteiger charge is 2.28. The van der Waals surface area contributed by atoms with Crippen LogP contribution in [0.4, 0.5) is 5.69 Å². The van der Waals surface area contributed by atoms with E-state index in [1.807, 2.05) is 17.8 Å². The number of nitrogens with one attached hydrogen (secondary N) is 1. The fourth-order valence-electron chi connectivity index (χ4n) is 2.36. The van der Waals surface area contributed by atoms with E-state index in [-0.39, 0.29) is 11.9 Å². The maximum Gasteiger partial charge on any atom is 0.253 e. The van der Waals surface area contributed by atoms with Gasteiger partial charge in [0, 0.05) is 21.5 Å². The van der Waals surface area contributed by atoms with Crippen molar-refractivity contribution in [1.82, 2.24) is 5.32 Å². The molecule has 98 valence electrons. The summed E-state index contributed by atoms with van der Waals surface area (Å²) in [6.45, 7) is 0. The van der Waals surface area contributed by atoms with Crippen molar-refractivity contribution < 1.29 is 4.79 Å². The van der Waals surface area contributed by atoms with E-state index in [0.29, 0.717) is 16.5 Å². The first-order valence-electron chi connectivity index (χ1n) is 6.00. The average molecular weight is 329 g/mol. The number of hydrogen-bond acceptors (Lipinski definition) is 3. The van der Waals surface area contributed by atoms with Gasteiger partial charge >= 0.3 is 0 Å². The van der Waals surface area contributed by atoms with Crippen molar-refractivity contribution in [2.45, 2.75) is 30.6 Å². The molecule has 1 aliphatic rings. The van der Waals surface area contributed by atoms with Gasteiger partial charge in [-0.3, -0.25) is 4.79 Å². The smallest absolute Gasteiger partial charge is 0.253 e. The maximum atomic E-state index is 12.2. The molecule has 0 aromatic heterocycles. The van der Waals surface area contributed by atoms with Gasteiger partial charge in [0.05, 0.1) is 5.56 Å². The molecule has 0 bridgehead atoms. The number of carbonyl (C=O) groups is 1. The summed E-state index contributed by atoms with van der Waals surface area (Å²) in [5.74, 6) is -0.0639. The first kappa shape index (κ1) is 13.7. The Morgan fingerprint density at radius 3 is 2.94 bits per heavy atom. The maximum absolute atomic E-state index is 12.2. The molecule has 3 nitrogen and oxygen atoms in total. The molecule has 2 atom stereocenters. The third-order valence-corrected chi connectivity index (χ3v) is 4.99. The van der Waals surface area contributed by atoms with Crippen molar-refractivity contribution in [1.29, 1.82) is 0 Å². The second-order valence-corrected chi connectivity index (χ2v) is 6.51. The molecule has 1 aromatic rings. The van der Waals surface area contributed by atoms with Crippen LogP contribution in [0.3, 0.4) is 0 Å². The Bertz CT molecular complexity index is 453. The van der Waals surface area contributed by atoms with Crippen LogP contribution in [0, 0.1) is 0 Å². The van der Waals surface area contributed by atoms with Crippen LogP contribution in [-0.2, 0) is 0 Å². The van der Waals surface area contributed by atoms with E-state index in [9.17, 15) is 4.79 Å². The SMILES string of the molecule is CSC1CCCC1NC(=O)c1ccc(Br)cc1N. The van der Waals surface area contributed by atoms with Crippen LogP contribution in [0.5, 0.6) is 0 Å². The van der Waals surface area contributed by atoms with Crippen molar-refractivity contribution >= 4 is 39.3 Å². The lowest BCUT2D eigenvalue weighted by atomic mass is 10.1. The van der Waals surface area contributed by atoms with Gasteiger partial charge in [-0.05, 0) is 37.3 Å². The summed E-state index contributed by atoms with van der Waals surface area (Å²) in [7, 11) is 0. The Labute approximate surface area is 120 Å². The number of nitrogens with two attached hydrogens (primary N) is 1. The lowest BCUT2D eigenvalue weighted by Crippen LogP contribution is -2.38. The molecule has 0 aliphatic heterocycles. The predicted molar refractivity (Wildman–Crippen MR) is 81.0 cm³/mol. The molecule has 1 fully saturated rings. The van der Waals surface area contributed by atoms with E-state index in [4.69, 9.17) is 5.73 Å². The van der Waals surface area contributed by atoms with Gasteiger partial charge in [0.15, 0.2) is 0 Å². The van der Waals surface area contributed by atoms with Crippen LogP contribution < -0.4 is 11.1 Å². The molecule has 0 heterocycles. The highest BCUT2D eigenvalue weighted by atomic mass is 79.9. The quantitative estimate of drug-likeness (QED) is 0.838. The summed E-state index contributed by atoms with van der Waals surface area (Å²) in [6.07, 6.45) is 5.53. The molecule has 1 amide bonds. The molecule has 3 N–H and O–H groups in total. The number of anilines is 1. The first-order chi connectivity index (χ1) is 8.61. The van der Waals surface area contributed by atoms with Gasteiger partial charge in [-0.15, -0.1) is 0 Å². The Morgan fingerprint density at radius 2 is 2.28 bits per heavy atom. The first-order valence-corrected chi connectivity index (χ1v) is 8.08. The largest absolute Gasteiger partial charge is 0.398 e. The van der Waals surface area contributed by atoms with Gasteiger partial charge in [-0.25, -0.2) is 0 Å². The lowest BCUT2D eigenvalue weighted by Gasteiger charge is -2.19. The molecular weight excluding hydrogens is 312 g/mol. The molecule has 2 unspecified atom stereocenters. The van der Waals surface area contributed by atoms with Crippen molar-refractivity contribution in [3.8, 4) is 0 Å². The van der Waals surface area contributed by atoms with Crippen LogP contribution in [0.15, 0.2) is 22.7 Å². The van der Waals surface area contributed by atoms with Gasteiger partial charge in [-0.1, -0.05) is 22.4 Å². The fourth-order valence-corrected chi connectivity index (χ4v) is 3.67. The van der Waals surface area contributed by atoms with Crippen LogP contribution in [-0.4, -0.2) is 23.5 Å². The average Bonchev–Trinajstić information content (AvgIpc) is 2.76. The number of carbonyl (C=O) groups excluding carboxylic acids is 1. The molecule has 18 heavy (non-hydrogen) atoms. The van der Waals surface area contributed by atoms with Crippen molar-refractivity contribution in [3.05, 3.63) is 28.2 Å². The van der Waals surface area contributed by atoms with Crippen LogP contribution in [0.1, 0.15) is 29.6 Å². The Balaban J connectivity index is 2.07. The van der Waals surface area contributed by atoms with Gasteiger partial charge in [0.1, 0.15) is 0 Å². The molecule has 1 saturated carbocycles. The van der Waals surface area contributed by atoms with Crippen LogP contribution in [0.25, 0.3) is 0 Å². The van der Waals surface area contributed by atoms with E-state index in [2.05, 4.69) is 27.5 Å². The minimum atomic E-state index is -0.0639. The second kappa shape index (κ2) is 5.97. The zero-order valence-electron chi connectivity index (χ0n) is 10.3. The highest BCUT2D eigenvalue weighted by molar-refractivity contribution is 9.10. The van der Waals surface area contributed by atoms with E-state index < -0.39 is 0 Å². The number of rotatable bonds is 3. The van der Waals surface area contributed by atoms with E-state index in [0.717, 1.165) is 10.9 Å². The monoisotopic (exact) mass is 328 g/mol. The van der Waals surface area contributed by atoms with Crippen molar-refractivity contribution in [2.24, 2.45) is 0 Å². The van der Waals surface area contributed by atoms with Crippen LogP contribution in [0.2, 0.25) is 0 Å². The number of thioether (sulfide) groups is 1. The van der Waals surface area contributed by atoms with Crippen molar-refractivity contribution in [3.63, 3.8) is 0 Å². The number of halogens is 1. The Morgan fingerprint density at radius 1 is 1.50 bits per heavy atom. The van der Waals surface area contributed by atoms with E-state index >= 15 is 0 Å². The third-order valence-electron chi connectivity index (χ3n) is 3.33. The van der Waals surface area contributed by atoms with Crippen molar-refractivity contribution in [2.75, 3.05) is 12.0 Å². The third kappa shape index (κ3) is 3.01. The molecule has 0 spiro atoms. The summed E-state index contributed by atoms with van der Waals surface area (Å²) in [5, 5.41) is 3.63. The van der Waals surface area contributed by atoms with Crippen LogP contribution >= 0.6 is 27.7 Å². The zero-order valence-corrected chi connectivity index (χ0v) is 12.7. The molecule has 0 radical (unpaired) electrons. The minimum Gasteiger partial charge on any atom is -0.398 e. The molecular formula is C13H17BrN2OS. The van der Waals surface area contributed by atoms with Gasteiger partial charge in [0.25, 0.3) is 5.91 Å². The summed E-state index contributed by atoms with van der Waals surface area (Å²) < 4.78 is 0.888. The number of amides is 1. The van der Waals surface area contributed by atoms with E-state index in [1.54, 1.807) is 12.1 Å². The summed E-state index contributed by atoms with van der Waals surface area (Å²) in [4.78, 5) is 12.2. The predicted octanol–water partition coefficient (Wildman–Crippen LogP) is 3.05. The topological polar surface area (TPSA) is 55.1 Å². The Hall–Kier alpha value is -0.680. The molecule has 1 aromatic carbocycles. The van der Waals surface area contributed by atoms with Gasteiger partial charge in [0.2, 0.25) is 0 Å². The lowest BCUT2D eigenvalue weighted by molar-refractivity contribution is 0.0939. The molecule has 5 heteroatoms. The van der Waals surface area contributed by atoms with Gasteiger partial charge in [-0.2, -0.15) is 11.8 Å². The van der Waals surface area contributed by atoms with E-state index in [1.165, 1.54) is 12.8 Å². The zero-order chi connectivity index (χ0) is 13.1. The highest BCUT2D eigenvalue weighted by Crippen LogP contribution is 2.29. The summed E-state index contributed by atoms with van der Waals surface area (Å²) in [6, 6.07) is 5.63. The summed E-state index contributed by atoms with van der Waals surface area (Å²) in [5.41, 5.74) is 6.94. The second-order valence-electron chi connectivity index (χ2n) is 4.52. The Kier molecular flexibility index (Phi) is 4.56.